The van der Waals surface area contributed by atoms with E-state index in [1.54, 1.807) is 30.3 Å². The minimum absolute atomic E-state index is 0.344. The lowest BCUT2D eigenvalue weighted by Crippen LogP contribution is -2.13. The van der Waals surface area contributed by atoms with Gasteiger partial charge >= 0.3 is 0 Å². The molecule has 0 saturated carbocycles. The van der Waals surface area contributed by atoms with Crippen LogP contribution in [-0.4, -0.2) is 13.0 Å². The molecule has 5 nitrogen and oxygen atoms in total. The maximum Gasteiger partial charge on any atom is 0.255 e. The number of nitrogen functional groups attached to an aromatic ring is 1. The van der Waals surface area contributed by atoms with E-state index in [2.05, 4.69) is 21.2 Å². The van der Waals surface area contributed by atoms with Crippen LogP contribution in [0.2, 0.25) is 0 Å². The summed E-state index contributed by atoms with van der Waals surface area (Å²) in [5, 5.41) is 11.8. The van der Waals surface area contributed by atoms with Gasteiger partial charge in [-0.05, 0) is 36.4 Å². The molecule has 0 spiro atoms. The summed E-state index contributed by atoms with van der Waals surface area (Å²) >= 11 is 3.28. The van der Waals surface area contributed by atoms with Gasteiger partial charge in [-0.15, -0.1) is 0 Å². The van der Waals surface area contributed by atoms with Crippen LogP contribution in [0.1, 0.15) is 15.9 Å². The molecule has 0 unspecified atom stereocenters. The number of nitrogens with zero attached hydrogens (tertiary/aromatic N) is 1. The molecule has 0 saturated heterocycles. The Morgan fingerprint density at radius 1 is 1.33 bits per heavy atom. The summed E-state index contributed by atoms with van der Waals surface area (Å²) in [5.74, 6) is 0.163. The average molecular weight is 346 g/mol. The van der Waals surface area contributed by atoms with Gasteiger partial charge in [0, 0.05) is 10.0 Å². The number of methoxy groups -OCH3 is 1. The van der Waals surface area contributed by atoms with E-state index in [0.717, 1.165) is 4.47 Å². The van der Waals surface area contributed by atoms with E-state index in [0.29, 0.717) is 28.3 Å². The van der Waals surface area contributed by atoms with Crippen molar-refractivity contribution in [2.24, 2.45) is 0 Å². The number of benzene rings is 2. The van der Waals surface area contributed by atoms with Crippen molar-refractivity contribution in [3.05, 3.63) is 52.0 Å². The number of ether oxygens (including phenoxy) is 1. The largest absolute Gasteiger partial charge is 0.495 e. The van der Waals surface area contributed by atoms with Crippen LogP contribution < -0.4 is 15.8 Å². The normalized spacial score (nSPS) is 9.76. The number of carbonyl (C=O) groups is 1. The third kappa shape index (κ3) is 3.33. The molecule has 2 aromatic rings. The zero-order chi connectivity index (χ0) is 15.4. The summed E-state index contributed by atoms with van der Waals surface area (Å²) in [6.45, 7) is 0. The van der Waals surface area contributed by atoms with Gasteiger partial charge < -0.3 is 15.8 Å². The second-order valence-electron chi connectivity index (χ2n) is 4.21. The van der Waals surface area contributed by atoms with Crippen LogP contribution in [0.15, 0.2) is 40.9 Å². The summed E-state index contributed by atoms with van der Waals surface area (Å²) in [6.07, 6.45) is 0. The Morgan fingerprint density at radius 2 is 2.10 bits per heavy atom. The van der Waals surface area contributed by atoms with Crippen molar-refractivity contribution in [2.75, 3.05) is 18.2 Å². The molecule has 21 heavy (non-hydrogen) atoms. The van der Waals surface area contributed by atoms with Gasteiger partial charge in [-0.2, -0.15) is 5.26 Å². The molecule has 0 aliphatic heterocycles. The molecule has 2 aromatic carbocycles. The number of nitrogens with one attached hydrogen (secondary N) is 1. The molecule has 0 radical (unpaired) electrons. The first-order valence-electron chi connectivity index (χ1n) is 5.99. The van der Waals surface area contributed by atoms with Crippen LogP contribution >= 0.6 is 15.9 Å². The fourth-order valence-corrected chi connectivity index (χ4v) is 2.15. The smallest absolute Gasteiger partial charge is 0.255 e. The Kier molecular flexibility index (Phi) is 4.45. The van der Waals surface area contributed by atoms with Crippen LogP contribution in [0.3, 0.4) is 0 Å². The standard InChI is InChI=1S/C15H12BrN3O2/c1-21-14-5-2-9(7-12(14)18)15(20)19-13-4-3-11(16)6-10(13)8-17/h2-7H,18H2,1H3,(H,19,20). The molecular weight excluding hydrogens is 334 g/mol. The van der Waals surface area contributed by atoms with Gasteiger partial charge in [-0.3, -0.25) is 4.79 Å². The molecule has 2 rings (SSSR count). The second kappa shape index (κ2) is 6.29. The summed E-state index contributed by atoms with van der Waals surface area (Å²) < 4.78 is 5.81. The average Bonchev–Trinajstić information content (AvgIpc) is 2.48. The maximum absolute atomic E-state index is 12.2. The molecule has 3 N–H and O–H groups in total. The van der Waals surface area contributed by atoms with Crippen molar-refractivity contribution in [2.45, 2.75) is 0 Å². The van der Waals surface area contributed by atoms with Crippen molar-refractivity contribution in [3.63, 3.8) is 0 Å². The number of carbonyl (C=O) groups excluding carboxylic acids is 1. The highest BCUT2D eigenvalue weighted by molar-refractivity contribution is 9.10. The van der Waals surface area contributed by atoms with Crippen molar-refractivity contribution in [1.82, 2.24) is 0 Å². The van der Waals surface area contributed by atoms with Crippen molar-refractivity contribution >= 4 is 33.2 Å². The number of hydrogen-bond donors (Lipinski definition) is 2. The monoisotopic (exact) mass is 345 g/mol. The highest BCUT2D eigenvalue weighted by Gasteiger charge is 2.11. The number of anilines is 2. The molecular formula is C15H12BrN3O2. The number of nitrogens with two attached hydrogens (primary N) is 1. The first kappa shape index (κ1) is 14.9. The predicted octanol–water partition coefficient (Wildman–Crippen LogP) is 3.16. The molecule has 0 aliphatic carbocycles. The molecule has 0 aromatic heterocycles. The molecule has 0 atom stereocenters. The Balaban J connectivity index is 2.26. The first-order chi connectivity index (χ1) is 10.0. The lowest BCUT2D eigenvalue weighted by Gasteiger charge is -2.09. The van der Waals surface area contributed by atoms with E-state index < -0.39 is 0 Å². The van der Waals surface area contributed by atoms with Gasteiger partial charge in [-0.1, -0.05) is 15.9 Å². The van der Waals surface area contributed by atoms with E-state index in [1.165, 1.54) is 13.2 Å². The van der Waals surface area contributed by atoms with Crippen LogP contribution in [0.25, 0.3) is 0 Å². The van der Waals surface area contributed by atoms with Crippen LogP contribution in [0.4, 0.5) is 11.4 Å². The lowest BCUT2D eigenvalue weighted by atomic mass is 10.1. The molecule has 1 amide bonds. The van der Waals surface area contributed by atoms with Gasteiger partial charge in [0.15, 0.2) is 0 Å². The van der Waals surface area contributed by atoms with Gasteiger partial charge in [0.05, 0.1) is 24.0 Å². The second-order valence-corrected chi connectivity index (χ2v) is 5.13. The third-order valence-corrected chi connectivity index (χ3v) is 3.34. The highest BCUT2D eigenvalue weighted by Crippen LogP contribution is 2.24. The molecule has 0 heterocycles. The summed E-state index contributed by atoms with van der Waals surface area (Å²) in [5.41, 5.74) is 7.36. The fourth-order valence-electron chi connectivity index (χ4n) is 1.79. The summed E-state index contributed by atoms with van der Waals surface area (Å²) in [7, 11) is 1.51. The van der Waals surface area contributed by atoms with E-state index in [1.807, 2.05) is 6.07 Å². The van der Waals surface area contributed by atoms with Crippen LogP contribution in [0.5, 0.6) is 5.75 Å². The third-order valence-electron chi connectivity index (χ3n) is 2.84. The van der Waals surface area contributed by atoms with Crippen molar-refractivity contribution < 1.29 is 9.53 Å². The summed E-state index contributed by atoms with van der Waals surface area (Å²) in [4.78, 5) is 12.2. The minimum atomic E-state index is -0.344. The maximum atomic E-state index is 12.2. The quantitative estimate of drug-likeness (QED) is 0.836. The van der Waals surface area contributed by atoms with Crippen LogP contribution in [0, 0.1) is 11.3 Å². The zero-order valence-corrected chi connectivity index (χ0v) is 12.8. The Bertz CT molecular complexity index is 738. The Morgan fingerprint density at radius 3 is 2.71 bits per heavy atom. The molecule has 106 valence electrons. The van der Waals surface area contributed by atoms with Crippen molar-refractivity contribution in [1.29, 1.82) is 5.26 Å². The number of rotatable bonds is 3. The lowest BCUT2D eigenvalue weighted by molar-refractivity contribution is 0.102. The van der Waals surface area contributed by atoms with Gasteiger partial charge in [0.1, 0.15) is 11.8 Å². The fraction of sp³-hybridized carbons (Fsp3) is 0.0667. The zero-order valence-electron chi connectivity index (χ0n) is 11.2. The van der Waals surface area contributed by atoms with E-state index in [4.69, 9.17) is 15.7 Å². The van der Waals surface area contributed by atoms with E-state index >= 15 is 0 Å². The van der Waals surface area contributed by atoms with E-state index in [9.17, 15) is 4.79 Å². The van der Waals surface area contributed by atoms with E-state index in [-0.39, 0.29) is 5.91 Å². The summed E-state index contributed by atoms with van der Waals surface area (Å²) in [6, 6.07) is 11.8. The molecule has 0 aliphatic rings. The minimum Gasteiger partial charge on any atom is -0.495 e. The first-order valence-corrected chi connectivity index (χ1v) is 6.79. The number of halogens is 1. The highest BCUT2D eigenvalue weighted by atomic mass is 79.9. The van der Waals surface area contributed by atoms with Gasteiger partial charge in [0.2, 0.25) is 0 Å². The number of nitriles is 1. The Hall–Kier alpha value is -2.52. The molecule has 0 bridgehead atoms. The molecule has 6 heteroatoms. The topological polar surface area (TPSA) is 88.1 Å². The number of hydrogen-bond acceptors (Lipinski definition) is 4. The van der Waals surface area contributed by atoms with Crippen LogP contribution in [-0.2, 0) is 0 Å². The van der Waals surface area contributed by atoms with Crippen molar-refractivity contribution in [3.8, 4) is 11.8 Å². The Labute approximate surface area is 130 Å². The number of amides is 1. The van der Waals surface area contributed by atoms with Gasteiger partial charge in [0.25, 0.3) is 5.91 Å². The SMILES string of the molecule is COc1ccc(C(=O)Nc2ccc(Br)cc2C#N)cc1N. The molecule has 0 fully saturated rings. The predicted molar refractivity (Wildman–Crippen MR) is 84.2 cm³/mol. The van der Waals surface area contributed by atoms with Gasteiger partial charge in [-0.25, -0.2) is 0 Å².